The third-order valence-corrected chi connectivity index (χ3v) is 3.83. The minimum absolute atomic E-state index is 0. The summed E-state index contributed by atoms with van der Waals surface area (Å²) in [5.74, 6) is 0.975. The second kappa shape index (κ2) is 9.55. The van der Waals surface area contributed by atoms with Crippen molar-refractivity contribution in [3.63, 3.8) is 0 Å². The number of nitrogens with zero attached hydrogens (tertiary/aromatic N) is 4. The molecular formula is C16H23Cl2N5. The molecule has 2 heterocycles. The van der Waals surface area contributed by atoms with E-state index in [9.17, 15) is 0 Å². The predicted octanol–water partition coefficient (Wildman–Crippen LogP) is 2.61. The van der Waals surface area contributed by atoms with Gasteiger partial charge < -0.3 is 10.6 Å². The highest BCUT2D eigenvalue weighted by atomic mass is 35.5. The summed E-state index contributed by atoms with van der Waals surface area (Å²) in [5.41, 5.74) is 7.97. The number of aromatic nitrogens is 2. The van der Waals surface area contributed by atoms with Crippen LogP contribution in [-0.4, -0.2) is 41.3 Å². The number of nitrogens with two attached hydrogens (primary N) is 1. The quantitative estimate of drug-likeness (QED) is 0.857. The maximum atomic E-state index is 5.85. The number of rotatable bonds is 3. The van der Waals surface area contributed by atoms with Gasteiger partial charge in [0.15, 0.2) is 5.82 Å². The van der Waals surface area contributed by atoms with Gasteiger partial charge in [-0.15, -0.1) is 29.9 Å². The van der Waals surface area contributed by atoms with Crippen LogP contribution in [0, 0.1) is 0 Å². The summed E-state index contributed by atoms with van der Waals surface area (Å²) < 4.78 is 0. The van der Waals surface area contributed by atoms with Crippen molar-refractivity contribution in [2.24, 2.45) is 0 Å². The molecule has 126 valence electrons. The average Bonchev–Trinajstić information content (AvgIpc) is 2.74. The van der Waals surface area contributed by atoms with Crippen LogP contribution < -0.4 is 10.6 Å². The summed E-state index contributed by atoms with van der Waals surface area (Å²) in [7, 11) is 0. The summed E-state index contributed by atoms with van der Waals surface area (Å²) in [4.78, 5) is 4.79. The third-order valence-electron chi connectivity index (χ3n) is 3.83. The first-order chi connectivity index (χ1) is 10.3. The molecule has 0 unspecified atom stereocenters. The van der Waals surface area contributed by atoms with Gasteiger partial charge in [-0.3, -0.25) is 4.90 Å². The Kier molecular flexibility index (Phi) is 8.09. The topological polar surface area (TPSA) is 58.3 Å². The summed E-state index contributed by atoms with van der Waals surface area (Å²) >= 11 is 0. The van der Waals surface area contributed by atoms with Gasteiger partial charge >= 0.3 is 0 Å². The van der Waals surface area contributed by atoms with E-state index in [0.29, 0.717) is 0 Å². The Balaban J connectivity index is 0.00000132. The molecule has 0 amide bonds. The van der Waals surface area contributed by atoms with Gasteiger partial charge in [0.1, 0.15) is 0 Å². The Bertz CT molecular complexity index is 582. The van der Waals surface area contributed by atoms with Gasteiger partial charge in [0.25, 0.3) is 0 Å². The highest BCUT2D eigenvalue weighted by Gasteiger charge is 2.16. The van der Waals surface area contributed by atoms with Crippen molar-refractivity contribution in [2.45, 2.75) is 13.0 Å². The first-order valence-electron chi connectivity index (χ1n) is 7.41. The van der Waals surface area contributed by atoms with Crippen molar-refractivity contribution in [2.75, 3.05) is 36.8 Å². The van der Waals surface area contributed by atoms with Crippen LogP contribution in [0.1, 0.15) is 12.0 Å². The molecule has 1 fully saturated rings. The van der Waals surface area contributed by atoms with E-state index < -0.39 is 0 Å². The molecule has 1 aromatic carbocycles. The number of nitrogen functional groups attached to an aromatic ring is 1. The van der Waals surface area contributed by atoms with E-state index in [1.54, 1.807) is 6.20 Å². The Morgan fingerprint density at radius 2 is 1.87 bits per heavy atom. The monoisotopic (exact) mass is 355 g/mol. The molecule has 23 heavy (non-hydrogen) atoms. The maximum Gasteiger partial charge on any atom is 0.151 e. The van der Waals surface area contributed by atoms with E-state index in [1.165, 1.54) is 5.56 Å². The van der Waals surface area contributed by atoms with Crippen LogP contribution in [0.4, 0.5) is 11.5 Å². The lowest BCUT2D eigenvalue weighted by molar-refractivity contribution is 0.285. The number of hydrogen-bond acceptors (Lipinski definition) is 5. The van der Waals surface area contributed by atoms with Gasteiger partial charge in [0.05, 0.1) is 0 Å². The van der Waals surface area contributed by atoms with Crippen molar-refractivity contribution in [1.29, 1.82) is 0 Å². The van der Waals surface area contributed by atoms with E-state index in [0.717, 1.165) is 50.6 Å². The van der Waals surface area contributed by atoms with E-state index in [4.69, 9.17) is 5.73 Å². The minimum atomic E-state index is 0. The van der Waals surface area contributed by atoms with Gasteiger partial charge in [-0.05, 0) is 36.2 Å². The Morgan fingerprint density at radius 1 is 1.00 bits per heavy atom. The molecule has 0 spiro atoms. The van der Waals surface area contributed by atoms with Crippen molar-refractivity contribution in [3.05, 3.63) is 48.2 Å². The lowest BCUT2D eigenvalue weighted by Gasteiger charge is -2.22. The molecule has 1 aliphatic rings. The zero-order chi connectivity index (χ0) is 14.5. The highest BCUT2D eigenvalue weighted by molar-refractivity contribution is 5.85. The molecule has 1 saturated heterocycles. The number of hydrogen-bond donors (Lipinski definition) is 1. The summed E-state index contributed by atoms with van der Waals surface area (Å²) in [6.45, 7) is 5.11. The molecule has 1 aliphatic heterocycles. The Morgan fingerprint density at radius 3 is 2.61 bits per heavy atom. The molecule has 3 rings (SSSR count). The third kappa shape index (κ3) is 5.53. The fourth-order valence-electron chi connectivity index (χ4n) is 2.77. The van der Waals surface area contributed by atoms with E-state index in [-0.39, 0.29) is 24.8 Å². The van der Waals surface area contributed by atoms with Crippen LogP contribution in [0.5, 0.6) is 0 Å². The molecule has 2 N–H and O–H groups in total. The normalized spacial score (nSPS) is 15.2. The van der Waals surface area contributed by atoms with Crippen LogP contribution in [0.3, 0.4) is 0 Å². The summed E-state index contributed by atoms with van der Waals surface area (Å²) in [6, 6.07) is 12.1. The lowest BCUT2D eigenvalue weighted by atomic mass is 10.2. The minimum Gasteiger partial charge on any atom is -0.399 e. The van der Waals surface area contributed by atoms with Crippen LogP contribution in [0.15, 0.2) is 42.6 Å². The maximum absolute atomic E-state index is 5.85. The lowest BCUT2D eigenvalue weighted by Crippen LogP contribution is -2.31. The highest BCUT2D eigenvalue weighted by Crippen LogP contribution is 2.15. The number of halogens is 2. The average molecular weight is 356 g/mol. The van der Waals surface area contributed by atoms with E-state index in [1.807, 2.05) is 24.3 Å². The van der Waals surface area contributed by atoms with E-state index in [2.05, 4.69) is 32.1 Å². The Labute approximate surface area is 149 Å². The fraction of sp³-hybridized carbons (Fsp3) is 0.375. The standard InChI is InChI=1S/C16H21N5.2ClH/c17-15-5-1-4-14(12-15)13-20-8-3-9-21(11-10-20)16-6-2-7-18-19-16;;/h1-2,4-7,12H,3,8-11,13,17H2;2*1H. The first kappa shape index (κ1) is 19.5. The van der Waals surface area contributed by atoms with Crippen molar-refractivity contribution >= 4 is 36.3 Å². The summed E-state index contributed by atoms with van der Waals surface area (Å²) in [6.07, 6.45) is 2.85. The zero-order valence-corrected chi connectivity index (χ0v) is 14.6. The smallest absolute Gasteiger partial charge is 0.151 e. The fourth-order valence-corrected chi connectivity index (χ4v) is 2.77. The van der Waals surface area contributed by atoms with Crippen molar-refractivity contribution in [1.82, 2.24) is 15.1 Å². The van der Waals surface area contributed by atoms with Crippen molar-refractivity contribution < 1.29 is 0 Å². The van der Waals surface area contributed by atoms with Gasteiger partial charge in [-0.1, -0.05) is 12.1 Å². The molecule has 0 aliphatic carbocycles. The molecule has 0 bridgehead atoms. The van der Waals surface area contributed by atoms with Gasteiger partial charge in [0.2, 0.25) is 0 Å². The number of benzene rings is 1. The van der Waals surface area contributed by atoms with E-state index >= 15 is 0 Å². The molecular weight excluding hydrogens is 333 g/mol. The molecule has 1 aromatic heterocycles. The second-order valence-corrected chi connectivity index (χ2v) is 5.44. The number of anilines is 2. The predicted molar refractivity (Wildman–Crippen MR) is 99.5 cm³/mol. The molecule has 0 radical (unpaired) electrons. The molecule has 5 nitrogen and oxygen atoms in total. The Hall–Kier alpha value is -1.56. The first-order valence-corrected chi connectivity index (χ1v) is 7.41. The molecule has 0 atom stereocenters. The van der Waals surface area contributed by atoms with Gasteiger partial charge in [-0.2, -0.15) is 5.10 Å². The summed E-state index contributed by atoms with van der Waals surface area (Å²) in [5, 5.41) is 8.17. The van der Waals surface area contributed by atoms with Gasteiger partial charge in [0, 0.05) is 44.6 Å². The SMILES string of the molecule is Cl.Cl.Nc1cccc(CN2CCCN(c3cccnn3)CC2)c1. The van der Waals surface area contributed by atoms with Crippen LogP contribution >= 0.6 is 24.8 Å². The largest absolute Gasteiger partial charge is 0.399 e. The molecule has 0 saturated carbocycles. The van der Waals surface area contributed by atoms with Crippen molar-refractivity contribution in [3.8, 4) is 0 Å². The van der Waals surface area contributed by atoms with Crippen LogP contribution in [0.25, 0.3) is 0 Å². The molecule has 7 heteroatoms. The van der Waals surface area contributed by atoms with Crippen LogP contribution in [0.2, 0.25) is 0 Å². The molecule has 2 aromatic rings. The van der Waals surface area contributed by atoms with Crippen LogP contribution in [-0.2, 0) is 6.54 Å². The van der Waals surface area contributed by atoms with Gasteiger partial charge in [-0.25, -0.2) is 0 Å². The second-order valence-electron chi connectivity index (χ2n) is 5.44. The zero-order valence-electron chi connectivity index (χ0n) is 13.0.